The molecule has 1 aliphatic heterocycles. The van der Waals surface area contributed by atoms with Gasteiger partial charge in [0, 0.05) is 6.42 Å². The quantitative estimate of drug-likeness (QED) is 0.588. The molecule has 0 aromatic carbocycles. The topological polar surface area (TPSA) is 38.7 Å². The summed E-state index contributed by atoms with van der Waals surface area (Å²) in [6, 6.07) is 0. The second kappa shape index (κ2) is 2.92. The first kappa shape index (κ1) is 8.69. The molecule has 60 valence electrons. The summed E-state index contributed by atoms with van der Waals surface area (Å²) >= 11 is 5.48. The van der Waals surface area contributed by atoms with Crippen LogP contribution in [0.5, 0.6) is 0 Å². The second-order valence-corrected chi connectivity index (χ2v) is 5.13. The van der Waals surface area contributed by atoms with Crippen LogP contribution in [-0.4, -0.2) is 17.1 Å². The molecule has 0 aromatic rings. The van der Waals surface area contributed by atoms with Gasteiger partial charge < -0.3 is 0 Å². The van der Waals surface area contributed by atoms with Gasteiger partial charge in [0.1, 0.15) is 12.2 Å². The van der Waals surface area contributed by atoms with E-state index < -0.39 is 7.30 Å². The molecule has 0 aliphatic carbocycles. The van der Waals surface area contributed by atoms with E-state index in [0.29, 0.717) is 0 Å². The molecule has 0 amide bonds. The van der Waals surface area contributed by atoms with Crippen molar-refractivity contribution < 1.29 is 13.9 Å². The van der Waals surface area contributed by atoms with Gasteiger partial charge in [-0.25, -0.2) is 0 Å². The first-order valence-electron chi connectivity index (χ1n) is 3.18. The van der Waals surface area contributed by atoms with Crippen molar-refractivity contribution in [2.75, 3.05) is 0 Å². The Morgan fingerprint density at radius 1 is 1.40 bits per heavy atom. The van der Waals surface area contributed by atoms with Crippen molar-refractivity contribution in [3.8, 4) is 0 Å². The fourth-order valence-electron chi connectivity index (χ4n) is 1.02. The van der Waals surface area contributed by atoms with Gasteiger partial charge in [-0.15, -0.1) is 0 Å². The lowest BCUT2D eigenvalue weighted by molar-refractivity contribution is 0.0407. The Morgan fingerprint density at radius 3 is 2.10 bits per heavy atom. The summed E-state index contributed by atoms with van der Waals surface area (Å²) in [7, 11) is -2.98. The summed E-state index contributed by atoms with van der Waals surface area (Å²) in [6.45, 7) is 3.73. The third-order valence-corrected chi connectivity index (χ3v) is 3.00. The minimum absolute atomic E-state index is 0.000386. The predicted octanol–water partition coefficient (Wildman–Crippen LogP) is 2.11. The normalized spacial score (nSPS) is 49.2. The van der Waals surface area contributed by atoms with Crippen molar-refractivity contribution in [3.63, 3.8) is 0 Å². The van der Waals surface area contributed by atoms with Crippen LogP contribution in [0.1, 0.15) is 20.3 Å². The smallest absolute Gasteiger partial charge is 0.178 e. The lowest BCUT2D eigenvalue weighted by Crippen LogP contribution is -2.24. The van der Waals surface area contributed by atoms with Gasteiger partial charge >= 0.3 is 7.30 Å². The van der Waals surface area contributed by atoms with Gasteiger partial charge in [-0.05, 0) is 13.8 Å². The summed E-state index contributed by atoms with van der Waals surface area (Å²) in [4.78, 5) is 9.15. The average molecular weight is 186 g/mol. The Labute approximate surface area is 65.7 Å². The van der Waals surface area contributed by atoms with Crippen LogP contribution in [0.25, 0.3) is 0 Å². The monoisotopic (exact) mass is 185 g/mol. The minimum atomic E-state index is -2.98. The molecule has 10 heavy (non-hydrogen) atoms. The van der Waals surface area contributed by atoms with Crippen LogP contribution in [-0.2, 0) is 9.05 Å². The summed E-state index contributed by atoms with van der Waals surface area (Å²) in [5, 5.41) is 0. The van der Waals surface area contributed by atoms with Gasteiger partial charge in [-0.2, -0.15) is 13.9 Å². The van der Waals surface area contributed by atoms with Crippen LogP contribution in [0.2, 0.25) is 0 Å². The first-order chi connectivity index (χ1) is 4.49. The number of hydrogen-bond acceptors (Lipinski definition) is 3. The summed E-state index contributed by atoms with van der Waals surface area (Å²) in [5.74, 6) is 0. The van der Waals surface area contributed by atoms with E-state index in [1.807, 2.05) is 13.8 Å². The third kappa shape index (κ3) is 2.33. The van der Waals surface area contributed by atoms with E-state index in [4.69, 9.17) is 25.2 Å². The molecule has 1 N–H and O–H groups in total. The number of halogens is 1. The molecule has 0 radical (unpaired) electrons. The van der Waals surface area contributed by atoms with Gasteiger partial charge in [-0.3, -0.25) is 0 Å². The van der Waals surface area contributed by atoms with E-state index in [1.54, 1.807) is 0 Å². The van der Waals surface area contributed by atoms with Crippen molar-refractivity contribution in [2.24, 2.45) is 0 Å². The highest BCUT2D eigenvalue weighted by atomic mass is 35.7. The molecule has 3 nitrogen and oxygen atoms in total. The molecule has 0 bridgehead atoms. The van der Waals surface area contributed by atoms with E-state index in [0.717, 1.165) is 6.42 Å². The zero-order valence-corrected chi connectivity index (χ0v) is 7.60. The Morgan fingerprint density at radius 2 is 1.80 bits per heavy atom. The van der Waals surface area contributed by atoms with Crippen LogP contribution in [0.3, 0.4) is 0 Å². The molecule has 5 heteroatoms. The molecular weight excluding hydrogens is 174 g/mol. The molecule has 0 spiro atoms. The van der Waals surface area contributed by atoms with E-state index in [9.17, 15) is 0 Å². The highest BCUT2D eigenvalue weighted by molar-refractivity contribution is 7.86. The number of rotatable bonds is 0. The average Bonchev–Trinajstić information content (AvgIpc) is 1.54. The van der Waals surface area contributed by atoms with Gasteiger partial charge in [0.25, 0.3) is 0 Å². The molecule has 0 aromatic heterocycles. The lowest BCUT2D eigenvalue weighted by Gasteiger charge is -2.23. The van der Waals surface area contributed by atoms with Crippen LogP contribution >= 0.6 is 18.5 Å². The Hall–Kier alpha value is 0.600. The molecule has 1 fully saturated rings. The highest BCUT2D eigenvalue weighted by Crippen LogP contribution is 2.66. The van der Waals surface area contributed by atoms with E-state index in [2.05, 4.69) is 0 Å². The molecular formula is C5H11ClO3P+. The largest absolute Gasteiger partial charge is 0.522 e. The zero-order chi connectivity index (χ0) is 7.78. The Kier molecular flexibility index (Phi) is 2.54. The van der Waals surface area contributed by atoms with E-state index >= 15 is 0 Å². The summed E-state index contributed by atoms with van der Waals surface area (Å²) in [5.41, 5.74) is 0. The molecule has 0 saturated carbocycles. The maximum absolute atomic E-state index is 9.15. The van der Waals surface area contributed by atoms with Crippen LogP contribution in [0.15, 0.2) is 0 Å². The fraction of sp³-hybridized carbons (Fsp3) is 1.00. The molecule has 1 rings (SSSR count). The van der Waals surface area contributed by atoms with Crippen LogP contribution in [0.4, 0.5) is 0 Å². The fourth-order valence-corrected chi connectivity index (χ4v) is 2.95. The maximum atomic E-state index is 9.15. The van der Waals surface area contributed by atoms with Crippen molar-refractivity contribution in [1.29, 1.82) is 0 Å². The van der Waals surface area contributed by atoms with Crippen molar-refractivity contribution in [2.45, 2.75) is 32.5 Å². The second-order valence-electron chi connectivity index (χ2n) is 2.52. The molecule has 2 atom stereocenters. The van der Waals surface area contributed by atoms with Gasteiger partial charge in [0.05, 0.1) is 0 Å². The summed E-state index contributed by atoms with van der Waals surface area (Å²) in [6.07, 6.45) is 0.786. The predicted molar refractivity (Wildman–Crippen MR) is 40.7 cm³/mol. The summed E-state index contributed by atoms with van der Waals surface area (Å²) < 4.78 is 9.91. The standard InChI is InChI=1S/C5H11ClO3P/c1-4-3-5(2)9-10(6,7)8-4/h4-5,7H,3H2,1-2H3/q+1. The highest BCUT2D eigenvalue weighted by Gasteiger charge is 2.48. The van der Waals surface area contributed by atoms with E-state index in [-0.39, 0.29) is 12.2 Å². The SMILES string of the molecule is CC1CC(C)O[P+](O)(Cl)O1. The number of hydrogen-bond donors (Lipinski definition) is 1. The van der Waals surface area contributed by atoms with Crippen LogP contribution < -0.4 is 0 Å². The molecule has 1 heterocycles. The first-order valence-corrected chi connectivity index (χ1v) is 5.66. The maximum Gasteiger partial charge on any atom is 0.522 e. The van der Waals surface area contributed by atoms with Crippen molar-refractivity contribution >= 4 is 18.5 Å². The van der Waals surface area contributed by atoms with Crippen molar-refractivity contribution in [3.05, 3.63) is 0 Å². The van der Waals surface area contributed by atoms with Crippen molar-refractivity contribution in [1.82, 2.24) is 0 Å². The molecule has 1 saturated heterocycles. The van der Waals surface area contributed by atoms with E-state index in [1.165, 1.54) is 0 Å². The van der Waals surface area contributed by atoms with Crippen LogP contribution in [0, 0.1) is 0 Å². The third-order valence-electron chi connectivity index (χ3n) is 1.28. The molecule has 2 unspecified atom stereocenters. The Balaban J connectivity index is 2.51. The lowest BCUT2D eigenvalue weighted by atomic mass is 10.2. The van der Waals surface area contributed by atoms with Gasteiger partial charge in [-0.1, -0.05) is 0 Å². The minimum Gasteiger partial charge on any atom is -0.178 e. The Bertz CT molecular complexity index is 118. The zero-order valence-electron chi connectivity index (χ0n) is 5.95. The van der Waals surface area contributed by atoms with Gasteiger partial charge in [0.2, 0.25) is 0 Å². The van der Waals surface area contributed by atoms with Gasteiger partial charge in [0.15, 0.2) is 11.2 Å². The molecule has 1 aliphatic rings.